The number of nitrogens with one attached hydrogen (secondary N) is 1. The molecule has 1 atom stereocenters. The summed E-state index contributed by atoms with van der Waals surface area (Å²) in [5.74, 6) is -0.764. The Balaban J connectivity index is 2.23. The third kappa shape index (κ3) is 2.64. The lowest BCUT2D eigenvalue weighted by Crippen LogP contribution is -2.40. The van der Waals surface area contributed by atoms with E-state index in [2.05, 4.69) is 20.1 Å². The number of aliphatic carboxylic acids is 1. The van der Waals surface area contributed by atoms with Crippen molar-refractivity contribution >= 4 is 22.3 Å². The Bertz CT molecular complexity index is 600. The van der Waals surface area contributed by atoms with Gasteiger partial charge in [0, 0.05) is 17.6 Å². The molecule has 0 spiro atoms. The van der Waals surface area contributed by atoms with Crippen LogP contribution in [-0.4, -0.2) is 26.5 Å². The van der Waals surface area contributed by atoms with Gasteiger partial charge in [-0.3, -0.25) is 14.5 Å². The number of carboxylic acids is 1. The summed E-state index contributed by atoms with van der Waals surface area (Å²) >= 11 is 1.60. The Morgan fingerprint density at radius 3 is 2.79 bits per heavy atom. The second-order valence-electron chi connectivity index (χ2n) is 5.08. The first-order valence-corrected chi connectivity index (χ1v) is 7.18. The van der Waals surface area contributed by atoms with E-state index in [1.807, 2.05) is 27.7 Å². The van der Waals surface area contributed by atoms with Gasteiger partial charge in [-0.05, 0) is 19.8 Å². The summed E-state index contributed by atoms with van der Waals surface area (Å²) < 4.78 is 2.09. The molecule has 0 saturated carbocycles. The van der Waals surface area contributed by atoms with E-state index in [9.17, 15) is 9.90 Å². The van der Waals surface area contributed by atoms with Gasteiger partial charge in [0.25, 0.3) is 0 Å². The van der Waals surface area contributed by atoms with Gasteiger partial charge >= 0.3 is 5.97 Å². The lowest BCUT2D eigenvalue weighted by Gasteiger charge is -2.18. The fraction of sp³-hybridized carbons (Fsp3) is 0.538. The maximum atomic E-state index is 11.2. The Labute approximate surface area is 116 Å². The number of hydrogen-bond acceptors (Lipinski definition) is 4. The van der Waals surface area contributed by atoms with Crippen molar-refractivity contribution < 1.29 is 9.90 Å². The van der Waals surface area contributed by atoms with Crippen molar-refractivity contribution in [2.75, 3.05) is 0 Å². The van der Waals surface area contributed by atoms with Crippen LogP contribution in [0.15, 0.2) is 5.38 Å². The SMILES string of the molecule is Cc1nc2scc(C)n2c1CNC(C(=O)O)C(C)C. The number of nitrogens with zero attached hydrogens (tertiary/aromatic N) is 2. The summed E-state index contributed by atoms with van der Waals surface area (Å²) in [6.07, 6.45) is 0. The van der Waals surface area contributed by atoms with Crippen LogP contribution in [-0.2, 0) is 11.3 Å². The monoisotopic (exact) mass is 281 g/mol. The summed E-state index contributed by atoms with van der Waals surface area (Å²) in [7, 11) is 0. The van der Waals surface area contributed by atoms with Crippen molar-refractivity contribution in [2.24, 2.45) is 5.92 Å². The van der Waals surface area contributed by atoms with E-state index in [-0.39, 0.29) is 5.92 Å². The van der Waals surface area contributed by atoms with Crippen molar-refractivity contribution in [1.82, 2.24) is 14.7 Å². The zero-order valence-corrected chi connectivity index (χ0v) is 12.4. The number of carbonyl (C=O) groups is 1. The molecule has 2 heterocycles. The van der Waals surface area contributed by atoms with E-state index in [4.69, 9.17) is 0 Å². The number of rotatable bonds is 5. The average Bonchev–Trinajstić information content (AvgIpc) is 2.80. The van der Waals surface area contributed by atoms with Gasteiger partial charge in [-0.15, -0.1) is 11.3 Å². The van der Waals surface area contributed by atoms with Crippen molar-refractivity contribution in [3.63, 3.8) is 0 Å². The second kappa shape index (κ2) is 5.30. The van der Waals surface area contributed by atoms with Gasteiger partial charge in [-0.1, -0.05) is 13.8 Å². The van der Waals surface area contributed by atoms with Gasteiger partial charge in [0.05, 0.1) is 11.4 Å². The molecule has 2 N–H and O–H groups in total. The molecule has 0 fully saturated rings. The van der Waals surface area contributed by atoms with Crippen LogP contribution in [0.1, 0.15) is 30.9 Å². The van der Waals surface area contributed by atoms with Crippen LogP contribution in [0.25, 0.3) is 4.96 Å². The van der Waals surface area contributed by atoms with Gasteiger partial charge in [-0.25, -0.2) is 4.98 Å². The highest BCUT2D eigenvalue weighted by Gasteiger charge is 2.22. The number of hydrogen-bond donors (Lipinski definition) is 2. The van der Waals surface area contributed by atoms with E-state index in [1.54, 1.807) is 11.3 Å². The van der Waals surface area contributed by atoms with Crippen LogP contribution in [0.5, 0.6) is 0 Å². The predicted octanol–water partition coefficient (Wildman–Crippen LogP) is 2.21. The minimum Gasteiger partial charge on any atom is -0.480 e. The summed E-state index contributed by atoms with van der Waals surface area (Å²) in [5, 5.41) is 14.4. The molecule has 2 aromatic rings. The van der Waals surface area contributed by atoms with Gasteiger partial charge in [0.1, 0.15) is 6.04 Å². The van der Waals surface area contributed by atoms with Crippen LogP contribution in [0.3, 0.4) is 0 Å². The molecule has 2 aromatic heterocycles. The van der Waals surface area contributed by atoms with Crippen LogP contribution < -0.4 is 5.32 Å². The molecule has 0 aliphatic carbocycles. The molecule has 0 radical (unpaired) electrons. The fourth-order valence-corrected chi connectivity index (χ4v) is 3.12. The molecular weight excluding hydrogens is 262 g/mol. The molecule has 0 aromatic carbocycles. The molecule has 0 amide bonds. The quantitative estimate of drug-likeness (QED) is 0.882. The van der Waals surface area contributed by atoms with Gasteiger partial charge in [-0.2, -0.15) is 0 Å². The van der Waals surface area contributed by atoms with Crippen molar-refractivity contribution in [2.45, 2.75) is 40.3 Å². The van der Waals surface area contributed by atoms with E-state index in [0.717, 1.165) is 22.0 Å². The van der Waals surface area contributed by atoms with Gasteiger partial charge < -0.3 is 5.11 Å². The smallest absolute Gasteiger partial charge is 0.320 e. The van der Waals surface area contributed by atoms with Crippen LogP contribution in [0.2, 0.25) is 0 Å². The Morgan fingerprint density at radius 1 is 1.53 bits per heavy atom. The Hall–Kier alpha value is -1.40. The zero-order chi connectivity index (χ0) is 14.2. The van der Waals surface area contributed by atoms with E-state index in [1.165, 1.54) is 0 Å². The minimum absolute atomic E-state index is 0.0461. The van der Waals surface area contributed by atoms with Crippen molar-refractivity contribution in [3.05, 3.63) is 22.5 Å². The molecule has 0 bridgehead atoms. The molecule has 0 aliphatic rings. The van der Waals surface area contributed by atoms with Crippen LogP contribution >= 0.6 is 11.3 Å². The predicted molar refractivity (Wildman–Crippen MR) is 75.6 cm³/mol. The molecule has 104 valence electrons. The zero-order valence-electron chi connectivity index (χ0n) is 11.6. The van der Waals surface area contributed by atoms with Crippen LogP contribution in [0, 0.1) is 19.8 Å². The highest BCUT2D eigenvalue weighted by Crippen LogP contribution is 2.20. The first kappa shape index (κ1) is 14.0. The third-order valence-electron chi connectivity index (χ3n) is 3.25. The molecular formula is C13H19N3O2S. The maximum Gasteiger partial charge on any atom is 0.320 e. The third-order valence-corrected chi connectivity index (χ3v) is 4.20. The molecule has 2 rings (SSSR count). The lowest BCUT2D eigenvalue weighted by molar-refractivity contribution is -0.140. The molecule has 0 saturated heterocycles. The average molecular weight is 281 g/mol. The number of carboxylic acid groups (broad SMARTS) is 1. The Kier molecular flexibility index (Phi) is 3.91. The van der Waals surface area contributed by atoms with E-state index >= 15 is 0 Å². The highest BCUT2D eigenvalue weighted by atomic mass is 32.1. The summed E-state index contributed by atoms with van der Waals surface area (Å²) in [5.41, 5.74) is 3.13. The lowest BCUT2D eigenvalue weighted by atomic mass is 10.0. The Morgan fingerprint density at radius 2 is 2.21 bits per heavy atom. The number of fused-ring (bicyclic) bond motifs is 1. The van der Waals surface area contributed by atoms with Gasteiger partial charge in [0.15, 0.2) is 4.96 Å². The highest BCUT2D eigenvalue weighted by molar-refractivity contribution is 7.15. The summed E-state index contributed by atoms with van der Waals surface area (Å²) in [6.45, 7) is 8.31. The van der Waals surface area contributed by atoms with Crippen molar-refractivity contribution in [3.8, 4) is 0 Å². The molecule has 6 heteroatoms. The van der Waals surface area contributed by atoms with E-state index < -0.39 is 12.0 Å². The minimum atomic E-state index is -0.810. The van der Waals surface area contributed by atoms with Crippen molar-refractivity contribution in [1.29, 1.82) is 0 Å². The molecule has 19 heavy (non-hydrogen) atoms. The molecule has 5 nitrogen and oxygen atoms in total. The largest absolute Gasteiger partial charge is 0.480 e. The first-order valence-electron chi connectivity index (χ1n) is 6.30. The molecule has 0 aliphatic heterocycles. The topological polar surface area (TPSA) is 66.6 Å². The standard InChI is InChI=1S/C13H19N3O2S/c1-7(2)11(12(17)18)14-5-10-9(4)15-13-16(10)8(3)6-19-13/h6-7,11,14H,5H2,1-4H3,(H,17,18). The maximum absolute atomic E-state index is 11.2. The van der Waals surface area contributed by atoms with Gasteiger partial charge in [0.2, 0.25) is 0 Å². The first-order chi connectivity index (χ1) is 8.91. The summed E-state index contributed by atoms with van der Waals surface area (Å²) in [6, 6.07) is -0.538. The second-order valence-corrected chi connectivity index (χ2v) is 5.92. The normalized spacial score (nSPS) is 13.3. The number of aromatic nitrogens is 2. The molecule has 1 unspecified atom stereocenters. The fourth-order valence-electron chi connectivity index (χ4n) is 2.19. The summed E-state index contributed by atoms with van der Waals surface area (Å²) in [4.78, 5) is 16.6. The number of aryl methyl sites for hydroxylation is 2. The van der Waals surface area contributed by atoms with E-state index in [0.29, 0.717) is 6.54 Å². The number of thiazole rings is 1. The van der Waals surface area contributed by atoms with Crippen LogP contribution in [0.4, 0.5) is 0 Å². The number of imidazole rings is 1.